The molecule has 3 heterocycles. The number of fused-ring (bicyclic) bond motifs is 3. The summed E-state index contributed by atoms with van der Waals surface area (Å²) in [6.07, 6.45) is 1.98. The summed E-state index contributed by atoms with van der Waals surface area (Å²) in [5.74, 6) is -0.275. The topological polar surface area (TPSA) is 63.8 Å². The molecule has 1 atom stereocenters. The van der Waals surface area contributed by atoms with Gasteiger partial charge in [-0.2, -0.15) is 0 Å². The van der Waals surface area contributed by atoms with Crippen LogP contribution in [0, 0.1) is 13.8 Å². The van der Waals surface area contributed by atoms with E-state index in [2.05, 4.69) is 0 Å². The van der Waals surface area contributed by atoms with E-state index < -0.39 is 5.97 Å². The van der Waals surface area contributed by atoms with E-state index in [-0.39, 0.29) is 6.10 Å². The maximum Gasteiger partial charge on any atom is 0.337 e. The summed E-state index contributed by atoms with van der Waals surface area (Å²) in [6.45, 7) is 5.91. The van der Waals surface area contributed by atoms with E-state index in [1.54, 1.807) is 0 Å². The quantitative estimate of drug-likeness (QED) is 0.766. The maximum absolute atomic E-state index is 12.1. The van der Waals surface area contributed by atoms with Crippen molar-refractivity contribution in [2.45, 2.75) is 46.1 Å². The summed E-state index contributed by atoms with van der Waals surface area (Å²) in [4.78, 5) is 16.8. The molecule has 0 spiro atoms. The first-order chi connectivity index (χ1) is 12.5. The third-order valence-electron chi connectivity index (χ3n) is 5.32. The highest BCUT2D eigenvalue weighted by Gasteiger charge is 2.32. The number of hydrogen-bond donors (Lipinski definition) is 1. The minimum Gasteiger partial charge on any atom is -0.481 e. The van der Waals surface area contributed by atoms with Crippen molar-refractivity contribution in [1.82, 2.24) is 9.38 Å². The van der Waals surface area contributed by atoms with Gasteiger partial charge in [-0.05, 0) is 38.7 Å². The van der Waals surface area contributed by atoms with Gasteiger partial charge in [0.05, 0.1) is 11.3 Å². The number of aromatic carboxylic acids is 1. The molecule has 4 rings (SSSR count). The molecule has 134 valence electrons. The van der Waals surface area contributed by atoms with Crippen LogP contribution in [-0.2, 0) is 12.8 Å². The predicted octanol–water partition coefficient (Wildman–Crippen LogP) is 4.28. The van der Waals surface area contributed by atoms with Gasteiger partial charge in [-0.3, -0.25) is 4.40 Å². The molecule has 26 heavy (non-hydrogen) atoms. The second kappa shape index (κ2) is 6.16. The van der Waals surface area contributed by atoms with Crippen molar-refractivity contribution >= 4 is 11.6 Å². The number of ether oxygens (including phenoxy) is 1. The van der Waals surface area contributed by atoms with E-state index in [4.69, 9.17) is 9.72 Å². The van der Waals surface area contributed by atoms with E-state index >= 15 is 0 Å². The van der Waals surface area contributed by atoms with Crippen LogP contribution in [0.2, 0.25) is 0 Å². The third-order valence-corrected chi connectivity index (χ3v) is 5.32. The number of nitrogens with zero attached hydrogens (tertiary/aromatic N) is 2. The lowest BCUT2D eigenvalue weighted by Crippen LogP contribution is -2.21. The number of carboxylic acid groups (broad SMARTS) is 1. The van der Waals surface area contributed by atoms with E-state index in [0.29, 0.717) is 24.2 Å². The molecule has 0 saturated carbocycles. The number of imidazole rings is 1. The SMILES string of the molecule is CCc1c(C(=O)O)c2c(c3nc(C)c(C)n13)OC(c1ccccc1)CC2. The van der Waals surface area contributed by atoms with Crippen LogP contribution in [0.1, 0.15) is 58.0 Å². The average Bonchev–Trinajstić information content (AvgIpc) is 2.96. The van der Waals surface area contributed by atoms with Gasteiger partial charge in [0.25, 0.3) is 0 Å². The van der Waals surface area contributed by atoms with Crippen molar-refractivity contribution in [2.24, 2.45) is 0 Å². The molecule has 1 N–H and O–H groups in total. The minimum atomic E-state index is -0.896. The molecule has 0 saturated heterocycles. The lowest BCUT2D eigenvalue weighted by Gasteiger charge is -2.29. The summed E-state index contributed by atoms with van der Waals surface area (Å²) in [5.41, 5.74) is 5.65. The zero-order valence-corrected chi connectivity index (χ0v) is 15.2. The maximum atomic E-state index is 12.1. The zero-order chi connectivity index (χ0) is 18.4. The molecule has 5 nitrogen and oxygen atoms in total. The van der Waals surface area contributed by atoms with Gasteiger partial charge in [-0.25, -0.2) is 9.78 Å². The number of pyridine rings is 1. The van der Waals surface area contributed by atoms with Crippen molar-refractivity contribution in [2.75, 3.05) is 0 Å². The Morgan fingerprint density at radius 2 is 2.04 bits per heavy atom. The Kier molecular flexibility index (Phi) is 3.94. The fraction of sp³-hybridized carbons (Fsp3) is 0.333. The van der Waals surface area contributed by atoms with Gasteiger partial charge in [-0.15, -0.1) is 0 Å². The van der Waals surface area contributed by atoms with Gasteiger partial charge in [0, 0.05) is 17.0 Å². The highest BCUT2D eigenvalue weighted by molar-refractivity contribution is 5.93. The van der Waals surface area contributed by atoms with Crippen LogP contribution in [-0.4, -0.2) is 20.5 Å². The molecule has 1 unspecified atom stereocenters. The number of aromatic nitrogens is 2. The molecule has 0 radical (unpaired) electrons. The second-order valence-electron chi connectivity index (χ2n) is 6.79. The van der Waals surface area contributed by atoms with Crippen molar-refractivity contribution in [3.05, 3.63) is 64.1 Å². The molecule has 1 aliphatic heterocycles. The average molecular weight is 350 g/mol. The Morgan fingerprint density at radius 3 is 2.69 bits per heavy atom. The molecule has 3 aromatic rings. The first-order valence-electron chi connectivity index (χ1n) is 9.01. The van der Waals surface area contributed by atoms with Crippen LogP contribution in [0.3, 0.4) is 0 Å². The van der Waals surface area contributed by atoms with Crippen LogP contribution in [0.4, 0.5) is 0 Å². The molecule has 0 fully saturated rings. The zero-order valence-electron chi connectivity index (χ0n) is 15.2. The Balaban J connectivity index is 1.98. The smallest absolute Gasteiger partial charge is 0.337 e. The van der Waals surface area contributed by atoms with Gasteiger partial charge in [0.15, 0.2) is 11.4 Å². The van der Waals surface area contributed by atoms with Crippen molar-refractivity contribution in [3.8, 4) is 5.75 Å². The predicted molar refractivity (Wildman–Crippen MR) is 99.1 cm³/mol. The van der Waals surface area contributed by atoms with Gasteiger partial charge in [-0.1, -0.05) is 37.3 Å². The summed E-state index contributed by atoms with van der Waals surface area (Å²) >= 11 is 0. The molecule has 0 amide bonds. The molecule has 2 aromatic heterocycles. The van der Waals surface area contributed by atoms with Crippen LogP contribution in [0.5, 0.6) is 5.75 Å². The van der Waals surface area contributed by atoms with Crippen molar-refractivity contribution in [3.63, 3.8) is 0 Å². The number of carbonyl (C=O) groups is 1. The minimum absolute atomic E-state index is 0.0843. The summed E-state index contributed by atoms with van der Waals surface area (Å²) in [7, 11) is 0. The number of benzene rings is 1. The summed E-state index contributed by atoms with van der Waals surface area (Å²) in [6, 6.07) is 10.1. The molecular formula is C21H22N2O3. The lowest BCUT2D eigenvalue weighted by molar-refractivity contribution is 0.0690. The fourth-order valence-electron chi connectivity index (χ4n) is 3.96. The normalized spacial score (nSPS) is 16.3. The standard InChI is InChI=1S/C21H22N2O3/c1-4-16-18(21(24)25)15-10-11-17(14-8-6-5-7-9-14)26-19(15)20-22-12(2)13(3)23(16)20/h5-9,17H,4,10-11H2,1-3H3,(H,24,25). The number of rotatable bonds is 3. The number of aryl methyl sites for hydroxylation is 3. The third kappa shape index (κ3) is 2.38. The second-order valence-corrected chi connectivity index (χ2v) is 6.79. The Morgan fingerprint density at radius 1 is 1.31 bits per heavy atom. The molecule has 5 heteroatoms. The van der Waals surface area contributed by atoms with Gasteiger partial charge < -0.3 is 9.84 Å². The lowest BCUT2D eigenvalue weighted by atomic mass is 9.93. The Labute approximate surface area is 152 Å². The molecule has 0 aliphatic carbocycles. The van der Waals surface area contributed by atoms with Crippen LogP contribution in [0.25, 0.3) is 5.65 Å². The van der Waals surface area contributed by atoms with Gasteiger partial charge in [0.1, 0.15) is 6.10 Å². The van der Waals surface area contributed by atoms with Crippen LogP contribution in [0.15, 0.2) is 30.3 Å². The van der Waals surface area contributed by atoms with Gasteiger partial charge in [0.2, 0.25) is 0 Å². The van der Waals surface area contributed by atoms with E-state index in [1.165, 1.54) is 0 Å². The fourth-order valence-corrected chi connectivity index (χ4v) is 3.96. The highest BCUT2D eigenvalue weighted by atomic mass is 16.5. The highest BCUT2D eigenvalue weighted by Crippen LogP contribution is 2.41. The summed E-state index contributed by atoms with van der Waals surface area (Å²) < 4.78 is 8.31. The van der Waals surface area contributed by atoms with Crippen molar-refractivity contribution in [1.29, 1.82) is 0 Å². The first kappa shape index (κ1) is 16.6. The first-order valence-corrected chi connectivity index (χ1v) is 9.01. The van der Waals surface area contributed by atoms with E-state index in [1.807, 2.05) is 55.5 Å². The van der Waals surface area contributed by atoms with Crippen LogP contribution < -0.4 is 4.74 Å². The molecule has 1 aromatic carbocycles. The molecule has 1 aliphatic rings. The summed E-state index contributed by atoms with van der Waals surface area (Å²) in [5, 5.41) is 9.90. The Hall–Kier alpha value is -2.82. The Bertz CT molecular complexity index is 1010. The largest absolute Gasteiger partial charge is 0.481 e. The van der Waals surface area contributed by atoms with E-state index in [9.17, 15) is 9.90 Å². The number of carboxylic acids is 1. The molecule has 0 bridgehead atoms. The van der Waals surface area contributed by atoms with Gasteiger partial charge >= 0.3 is 5.97 Å². The monoisotopic (exact) mass is 350 g/mol. The number of hydrogen-bond acceptors (Lipinski definition) is 3. The molecular weight excluding hydrogens is 328 g/mol. The van der Waals surface area contributed by atoms with E-state index in [0.717, 1.165) is 40.3 Å². The van der Waals surface area contributed by atoms with Crippen LogP contribution >= 0.6 is 0 Å². The van der Waals surface area contributed by atoms with Crippen molar-refractivity contribution < 1.29 is 14.6 Å².